The fourth-order valence-corrected chi connectivity index (χ4v) is 3.84. The van der Waals surface area contributed by atoms with Crippen LogP contribution in [0.3, 0.4) is 0 Å². The first-order valence-electron chi connectivity index (χ1n) is 7.61. The number of esters is 1. The highest BCUT2D eigenvalue weighted by Gasteiger charge is 2.37. The quantitative estimate of drug-likeness (QED) is 0.724. The molecule has 104 valence electrons. The molecule has 2 unspecified atom stereocenters. The van der Waals surface area contributed by atoms with Crippen molar-refractivity contribution in [2.45, 2.75) is 70.4 Å². The van der Waals surface area contributed by atoms with Gasteiger partial charge in [-0.3, -0.25) is 9.69 Å². The lowest BCUT2D eigenvalue weighted by Crippen LogP contribution is -2.53. The molecule has 1 heterocycles. The van der Waals surface area contributed by atoms with Crippen molar-refractivity contribution < 1.29 is 9.53 Å². The highest BCUT2D eigenvalue weighted by Crippen LogP contribution is 2.34. The van der Waals surface area contributed by atoms with Crippen LogP contribution in [0.15, 0.2) is 0 Å². The lowest BCUT2D eigenvalue weighted by molar-refractivity contribution is -0.150. The third kappa shape index (κ3) is 2.87. The summed E-state index contributed by atoms with van der Waals surface area (Å²) in [6.45, 7) is 3.38. The summed E-state index contributed by atoms with van der Waals surface area (Å²) in [5.74, 6) is 0.763. The zero-order chi connectivity index (χ0) is 13.0. The van der Waals surface area contributed by atoms with Crippen molar-refractivity contribution in [3.05, 3.63) is 0 Å². The Bertz CT molecular complexity index is 280. The van der Waals surface area contributed by atoms with Crippen molar-refractivity contribution in [3.63, 3.8) is 0 Å². The number of nitrogens with zero attached hydrogens (tertiary/aromatic N) is 1. The third-order valence-electron chi connectivity index (χ3n) is 4.84. The van der Waals surface area contributed by atoms with E-state index in [-0.39, 0.29) is 12.0 Å². The maximum absolute atomic E-state index is 12.0. The number of ether oxygens (including phenoxy) is 1. The number of hydrogen-bond donors (Lipinski definition) is 0. The molecule has 0 aromatic carbocycles. The molecular weight excluding hydrogens is 226 g/mol. The maximum atomic E-state index is 12.0. The number of piperidine rings is 1. The van der Waals surface area contributed by atoms with Gasteiger partial charge >= 0.3 is 5.97 Å². The Balaban J connectivity index is 2.09. The third-order valence-corrected chi connectivity index (χ3v) is 4.84. The molecule has 2 aliphatic rings. The number of methoxy groups -OCH3 is 1. The predicted molar refractivity (Wildman–Crippen MR) is 72.4 cm³/mol. The fourth-order valence-electron chi connectivity index (χ4n) is 3.84. The average molecular weight is 253 g/mol. The van der Waals surface area contributed by atoms with Crippen LogP contribution >= 0.6 is 0 Å². The van der Waals surface area contributed by atoms with Gasteiger partial charge in [0.1, 0.15) is 6.04 Å². The van der Waals surface area contributed by atoms with E-state index < -0.39 is 0 Å². The molecule has 2 fully saturated rings. The van der Waals surface area contributed by atoms with E-state index in [4.69, 9.17) is 4.74 Å². The summed E-state index contributed by atoms with van der Waals surface area (Å²) < 4.78 is 5.00. The minimum absolute atomic E-state index is 0.0184. The van der Waals surface area contributed by atoms with Crippen LogP contribution in [0.2, 0.25) is 0 Å². The Morgan fingerprint density at radius 2 is 1.89 bits per heavy atom. The van der Waals surface area contributed by atoms with E-state index in [1.807, 2.05) is 0 Å². The fraction of sp³-hybridized carbons (Fsp3) is 0.933. The molecule has 0 aromatic rings. The Hall–Kier alpha value is -0.570. The molecule has 1 saturated heterocycles. The van der Waals surface area contributed by atoms with Crippen LogP contribution in [-0.2, 0) is 9.53 Å². The molecule has 1 saturated carbocycles. The SMILES string of the molecule is CCC1CCCCC1N1CCCC[C@@H]1C(=O)OC. The van der Waals surface area contributed by atoms with Gasteiger partial charge in [0.15, 0.2) is 0 Å². The van der Waals surface area contributed by atoms with Gasteiger partial charge in [0.25, 0.3) is 0 Å². The summed E-state index contributed by atoms with van der Waals surface area (Å²) in [7, 11) is 1.52. The van der Waals surface area contributed by atoms with E-state index in [1.54, 1.807) is 0 Å². The molecule has 3 nitrogen and oxygen atoms in total. The van der Waals surface area contributed by atoms with Crippen molar-refractivity contribution in [1.82, 2.24) is 4.90 Å². The second-order valence-corrected chi connectivity index (χ2v) is 5.79. The lowest BCUT2D eigenvalue weighted by atomic mass is 9.80. The van der Waals surface area contributed by atoms with Gasteiger partial charge in [0.05, 0.1) is 7.11 Å². The smallest absolute Gasteiger partial charge is 0.323 e. The number of hydrogen-bond acceptors (Lipinski definition) is 3. The highest BCUT2D eigenvalue weighted by atomic mass is 16.5. The highest BCUT2D eigenvalue weighted by molar-refractivity contribution is 5.75. The van der Waals surface area contributed by atoms with Crippen LogP contribution in [-0.4, -0.2) is 36.6 Å². The molecule has 3 heteroatoms. The first-order chi connectivity index (χ1) is 8.77. The van der Waals surface area contributed by atoms with Crippen LogP contribution in [0.1, 0.15) is 58.3 Å². The van der Waals surface area contributed by atoms with Gasteiger partial charge in [-0.2, -0.15) is 0 Å². The monoisotopic (exact) mass is 253 g/mol. The van der Waals surface area contributed by atoms with Crippen LogP contribution in [0.25, 0.3) is 0 Å². The van der Waals surface area contributed by atoms with Gasteiger partial charge in [-0.25, -0.2) is 0 Å². The zero-order valence-corrected chi connectivity index (χ0v) is 11.9. The van der Waals surface area contributed by atoms with Crippen molar-refractivity contribution in [3.8, 4) is 0 Å². The van der Waals surface area contributed by atoms with Gasteiger partial charge in [-0.05, 0) is 38.1 Å². The zero-order valence-electron chi connectivity index (χ0n) is 11.9. The van der Waals surface area contributed by atoms with Gasteiger partial charge < -0.3 is 4.74 Å². The summed E-state index contributed by atoms with van der Waals surface area (Å²) in [6, 6.07) is 0.647. The van der Waals surface area contributed by atoms with Crippen molar-refractivity contribution >= 4 is 5.97 Å². The average Bonchev–Trinajstić information content (AvgIpc) is 2.46. The first kappa shape index (κ1) is 13.9. The summed E-state index contributed by atoms with van der Waals surface area (Å²) in [5.41, 5.74) is 0. The van der Waals surface area contributed by atoms with Crippen molar-refractivity contribution in [2.75, 3.05) is 13.7 Å². The van der Waals surface area contributed by atoms with Gasteiger partial charge in [0, 0.05) is 6.04 Å². The molecule has 1 aliphatic carbocycles. The summed E-state index contributed by atoms with van der Waals surface area (Å²) in [6.07, 6.45) is 9.93. The number of likely N-dealkylation sites (tertiary alicyclic amines) is 1. The minimum Gasteiger partial charge on any atom is -0.468 e. The molecular formula is C15H27NO2. The number of rotatable bonds is 3. The largest absolute Gasteiger partial charge is 0.468 e. The molecule has 2 rings (SSSR count). The van der Waals surface area contributed by atoms with Crippen LogP contribution in [0, 0.1) is 5.92 Å². The molecule has 0 aromatic heterocycles. The van der Waals surface area contributed by atoms with Gasteiger partial charge in [-0.15, -0.1) is 0 Å². The summed E-state index contributed by atoms with van der Waals surface area (Å²) >= 11 is 0. The lowest BCUT2D eigenvalue weighted by Gasteiger charge is -2.45. The van der Waals surface area contributed by atoms with Crippen molar-refractivity contribution in [1.29, 1.82) is 0 Å². The molecule has 1 aliphatic heterocycles. The topological polar surface area (TPSA) is 29.5 Å². The van der Waals surface area contributed by atoms with Gasteiger partial charge in [-0.1, -0.05) is 32.6 Å². The van der Waals surface area contributed by atoms with Crippen LogP contribution < -0.4 is 0 Å². The number of carbonyl (C=O) groups excluding carboxylic acids is 1. The molecule has 0 radical (unpaired) electrons. The van der Waals surface area contributed by atoms with E-state index in [9.17, 15) is 4.79 Å². The molecule has 0 spiro atoms. The standard InChI is InChI=1S/C15H27NO2/c1-3-12-8-4-5-9-13(12)16-11-7-6-10-14(16)15(17)18-2/h12-14H,3-11H2,1-2H3/t12?,13?,14-/m1/s1. The van der Waals surface area contributed by atoms with E-state index in [2.05, 4.69) is 11.8 Å². The van der Waals surface area contributed by atoms with Crippen LogP contribution in [0.5, 0.6) is 0 Å². The maximum Gasteiger partial charge on any atom is 0.323 e. The van der Waals surface area contributed by atoms with Crippen LogP contribution in [0.4, 0.5) is 0 Å². The Labute approximate surface area is 111 Å². The second kappa shape index (κ2) is 6.55. The minimum atomic E-state index is -0.0184. The first-order valence-corrected chi connectivity index (χ1v) is 7.61. The predicted octanol–water partition coefficient (Wildman–Crippen LogP) is 2.98. The second-order valence-electron chi connectivity index (χ2n) is 5.79. The van der Waals surface area contributed by atoms with E-state index in [1.165, 1.54) is 52.1 Å². The molecule has 3 atom stereocenters. The summed E-state index contributed by atoms with van der Waals surface area (Å²) in [4.78, 5) is 14.4. The summed E-state index contributed by atoms with van der Waals surface area (Å²) in [5, 5.41) is 0. The Morgan fingerprint density at radius 1 is 1.17 bits per heavy atom. The van der Waals surface area contributed by atoms with E-state index in [0.717, 1.165) is 18.9 Å². The number of carbonyl (C=O) groups is 1. The van der Waals surface area contributed by atoms with Crippen molar-refractivity contribution in [2.24, 2.45) is 5.92 Å². The van der Waals surface area contributed by atoms with E-state index >= 15 is 0 Å². The molecule has 0 N–H and O–H groups in total. The van der Waals surface area contributed by atoms with Gasteiger partial charge in [0.2, 0.25) is 0 Å². The molecule has 0 bridgehead atoms. The molecule has 0 amide bonds. The normalized spacial score (nSPS) is 34.2. The van der Waals surface area contributed by atoms with E-state index in [0.29, 0.717) is 6.04 Å². The molecule has 18 heavy (non-hydrogen) atoms. The Kier molecular flexibility index (Phi) is 5.04. The Morgan fingerprint density at radius 3 is 2.61 bits per heavy atom.